The molecule has 1 atom stereocenters. The fraction of sp³-hybridized carbons (Fsp3) is 0.0714. The van der Waals surface area contributed by atoms with E-state index in [1.165, 1.54) is 18.2 Å². The Balaban J connectivity index is 2.30. The fourth-order valence-corrected chi connectivity index (χ4v) is 2.81. The van der Waals surface area contributed by atoms with Crippen molar-refractivity contribution in [2.75, 3.05) is 5.73 Å². The summed E-state index contributed by atoms with van der Waals surface area (Å²) in [6, 6.07) is 9.39. The molecule has 1 unspecified atom stereocenters. The third-order valence-electron chi connectivity index (χ3n) is 2.71. The zero-order valence-electron chi connectivity index (χ0n) is 10.3. The van der Waals surface area contributed by atoms with Gasteiger partial charge >= 0.3 is 0 Å². The number of nitriles is 1. The van der Waals surface area contributed by atoms with Gasteiger partial charge in [-0.3, -0.25) is 4.21 Å². The molecule has 3 nitrogen and oxygen atoms in total. The molecule has 2 aromatic carbocycles. The molecular weight excluding hydrogens is 282 g/mol. The van der Waals surface area contributed by atoms with Crippen molar-refractivity contribution >= 4 is 16.5 Å². The number of nitrogens with two attached hydrogens (primary N) is 1. The van der Waals surface area contributed by atoms with E-state index in [2.05, 4.69) is 0 Å². The summed E-state index contributed by atoms with van der Waals surface area (Å²) in [6.45, 7) is 0. The molecule has 0 aliphatic rings. The van der Waals surface area contributed by atoms with Crippen molar-refractivity contribution in [3.8, 4) is 6.07 Å². The lowest BCUT2D eigenvalue weighted by atomic mass is 10.1. The quantitative estimate of drug-likeness (QED) is 0.884. The van der Waals surface area contributed by atoms with Gasteiger partial charge in [0.05, 0.1) is 33.9 Å². The highest BCUT2D eigenvalue weighted by Gasteiger charge is 2.11. The molecule has 0 aromatic heterocycles. The molecule has 20 heavy (non-hydrogen) atoms. The highest BCUT2D eigenvalue weighted by Crippen LogP contribution is 2.19. The molecule has 2 aromatic rings. The maximum Gasteiger partial charge on any atom is 0.147 e. The summed E-state index contributed by atoms with van der Waals surface area (Å²) in [7, 11) is -1.59. The first-order valence-electron chi connectivity index (χ1n) is 5.63. The predicted molar refractivity (Wildman–Crippen MR) is 72.0 cm³/mol. The standard InChI is InChI=1S/C14H10F2N2OS/c15-11-2-1-9(7-17)10(5-11)8-20(19)12-3-4-14(18)13(16)6-12/h1-6H,8,18H2. The Bertz CT molecular complexity index is 726. The van der Waals surface area contributed by atoms with Crippen molar-refractivity contribution in [2.24, 2.45) is 0 Å². The van der Waals surface area contributed by atoms with E-state index in [9.17, 15) is 13.0 Å². The molecular formula is C14H10F2N2OS. The van der Waals surface area contributed by atoms with Crippen LogP contribution in [0, 0.1) is 23.0 Å². The zero-order valence-corrected chi connectivity index (χ0v) is 11.1. The maximum atomic E-state index is 13.3. The molecule has 0 aliphatic heterocycles. The van der Waals surface area contributed by atoms with Gasteiger partial charge in [-0.1, -0.05) is 0 Å². The molecule has 0 radical (unpaired) electrons. The van der Waals surface area contributed by atoms with Crippen LogP contribution in [0.3, 0.4) is 0 Å². The number of anilines is 1. The molecule has 0 bridgehead atoms. The van der Waals surface area contributed by atoms with Crippen LogP contribution in [-0.4, -0.2) is 4.21 Å². The summed E-state index contributed by atoms with van der Waals surface area (Å²) >= 11 is 0. The first-order chi connectivity index (χ1) is 9.51. The summed E-state index contributed by atoms with van der Waals surface area (Å²) in [5, 5.41) is 8.93. The second kappa shape index (κ2) is 5.80. The molecule has 2 rings (SSSR count). The van der Waals surface area contributed by atoms with Gasteiger partial charge in [-0.05, 0) is 42.0 Å². The first-order valence-corrected chi connectivity index (χ1v) is 6.95. The monoisotopic (exact) mass is 292 g/mol. The van der Waals surface area contributed by atoms with E-state index >= 15 is 0 Å². The summed E-state index contributed by atoms with van der Waals surface area (Å²) in [4.78, 5) is 0.241. The van der Waals surface area contributed by atoms with Gasteiger partial charge in [0.1, 0.15) is 11.6 Å². The number of nitrogens with zero attached hydrogens (tertiary/aromatic N) is 1. The van der Waals surface area contributed by atoms with Crippen LogP contribution in [0.15, 0.2) is 41.3 Å². The number of rotatable bonds is 3. The summed E-state index contributed by atoms with van der Waals surface area (Å²) in [6.07, 6.45) is 0. The SMILES string of the molecule is N#Cc1ccc(F)cc1CS(=O)c1ccc(N)c(F)c1. The molecule has 0 amide bonds. The highest BCUT2D eigenvalue weighted by atomic mass is 32.2. The van der Waals surface area contributed by atoms with Crippen LogP contribution in [0.5, 0.6) is 0 Å². The van der Waals surface area contributed by atoms with Crippen LogP contribution < -0.4 is 5.73 Å². The Morgan fingerprint density at radius 1 is 1.20 bits per heavy atom. The van der Waals surface area contributed by atoms with Crippen molar-refractivity contribution in [2.45, 2.75) is 10.6 Å². The minimum atomic E-state index is -1.59. The maximum absolute atomic E-state index is 13.3. The molecule has 0 saturated heterocycles. The van der Waals surface area contributed by atoms with E-state index in [0.29, 0.717) is 5.56 Å². The van der Waals surface area contributed by atoms with E-state index in [1.54, 1.807) is 0 Å². The van der Waals surface area contributed by atoms with Crippen LogP contribution in [0.25, 0.3) is 0 Å². The molecule has 6 heteroatoms. The minimum absolute atomic E-state index is 0.0331. The van der Waals surface area contributed by atoms with Crippen molar-refractivity contribution in [3.63, 3.8) is 0 Å². The van der Waals surface area contributed by atoms with Crippen LogP contribution in [-0.2, 0) is 16.6 Å². The highest BCUT2D eigenvalue weighted by molar-refractivity contribution is 7.84. The molecule has 102 valence electrons. The average Bonchev–Trinajstić information content (AvgIpc) is 2.42. The van der Waals surface area contributed by atoms with Gasteiger partial charge in [0.2, 0.25) is 0 Å². The number of halogens is 2. The van der Waals surface area contributed by atoms with Crippen LogP contribution in [0.4, 0.5) is 14.5 Å². The van der Waals surface area contributed by atoms with Crippen molar-refractivity contribution in [3.05, 3.63) is 59.2 Å². The van der Waals surface area contributed by atoms with Gasteiger partial charge in [-0.15, -0.1) is 0 Å². The smallest absolute Gasteiger partial charge is 0.147 e. The van der Waals surface area contributed by atoms with Gasteiger partial charge in [0, 0.05) is 4.90 Å². The summed E-state index contributed by atoms with van der Waals surface area (Å²) in [5.74, 6) is -1.24. The van der Waals surface area contributed by atoms with E-state index in [-0.39, 0.29) is 21.9 Å². The van der Waals surface area contributed by atoms with Crippen LogP contribution in [0.2, 0.25) is 0 Å². The molecule has 0 fully saturated rings. The van der Waals surface area contributed by atoms with Crippen LogP contribution >= 0.6 is 0 Å². The third kappa shape index (κ3) is 3.00. The summed E-state index contributed by atoms with van der Waals surface area (Å²) < 4.78 is 38.6. The third-order valence-corrected chi connectivity index (χ3v) is 4.06. The second-order valence-corrected chi connectivity index (χ2v) is 5.54. The Kier molecular flexibility index (Phi) is 4.11. The van der Waals surface area contributed by atoms with Gasteiger partial charge in [0.15, 0.2) is 0 Å². The molecule has 0 spiro atoms. The predicted octanol–water partition coefficient (Wildman–Crippen LogP) is 2.73. The average molecular weight is 292 g/mol. The lowest BCUT2D eigenvalue weighted by Gasteiger charge is -2.06. The van der Waals surface area contributed by atoms with Gasteiger partial charge in [0.25, 0.3) is 0 Å². The Morgan fingerprint density at radius 2 is 1.95 bits per heavy atom. The van der Waals surface area contributed by atoms with E-state index in [4.69, 9.17) is 11.0 Å². The molecule has 2 N–H and O–H groups in total. The molecule has 0 saturated carbocycles. The lowest BCUT2D eigenvalue weighted by Crippen LogP contribution is -2.01. The zero-order chi connectivity index (χ0) is 14.7. The van der Waals surface area contributed by atoms with Gasteiger partial charge in [-0.2, -0.15) is 5.26 Å². The van der Waals surface area contributed by atoms with Crippen molar-refractivity contribution < 1.29 is 13.0 Å². The number of hydrogen-bond donors (Lipinski definition) is 1. The number of benzene rings is 2. The first kappa shape index (κ1) is 14.2. The van der Waals surface area contributed by atoms with Crippen molar-refractivity contribution in [1.29, 1.82) is 5.26 Å². The Morgan fingerprint density at radius 3 is 2.60 bits per heavy atom. The minimum Gasteiger partial charge on any atom is -0.396 e. The van der Waals surface area contributed by atoms with Crippen LogP contribution in [0.1, 0.15) is 11.1 Å². The fourth-order valence-electron chi connectivity index (χ4n) is 1.66. The summed E-state index contributed by atoms with van der Waals surface area (Å²) in [5.41, 5.74) is 5.88. The van der Waals surface area contributed by atoms with E-state index in [0.717, 1.165) is 18.2 Å². The van der Waals surface area contributed by atoms with Gasteiger partial charge < -0.3 is 5.73 Å². The van der Waals surface area contributed by atoms with Gasteiger partial charge in [-0.25, -0.2) is 8.78 Å². The second-order valence-electron chi connectivity index (χ2n) is 4.09. The molecule has 0 heterocycles. The lowest BCUT2D eigenvalue weighted by molar-refractivity contribution is 0.625. The van der Waals surface area contributed by atoms with E-state index in [1.807, 2.05) is 6.07 Å². The topological polar surface area (TPSA) is 66.9 Å². The Labute approximate surface area is 117 Å². The molecule has 0 aliphatic carbocycles. The Hall–Kier alpha value is -2.26. The normalized spacial score (nSPS) is 11.8. The number of hydrogen-bond acceptors (Lipinski definition) is 3. The largest absolute Gasteiger partial charge is 0.396 e. The number of nitrogen functional groups attached to an aromatic ring is 1. The van der Waals surface area contributed by atoms with E-state index < -0.39 is 22.4 Å². The van der Waals surface area contributed by atoms with Crippen molar-refractivity contribution in [1.82, 2.24) is 0 Å².